The molecule has 1 N–H and O–H groups in total. The molecule has 0 saturated carbocycles. The monoisotopic (exact) mass is 185 g/mol. The maximum Gasteiger partial charge on any atom is 0.309 e. The summed E-state index contributed by atoms with van der Waals surface area (Å²) < 4.78 is 5.26. The van der Waals surface area contributed by atoms with E-state index < -0.39 is 5.97 Å². The second kappa shape index (κ2) is 3.64. The van der Waals surface area contributed by atoms with Crippen molar-refractivity contribution in [2.75, 3.05) is 32.8 Å². The van der Waals surface area contributed by atoms with Crippen LogP contribution in [-0.4, -0.2) is 48.8 Å². The highest BCUT2D eigenvalue weighted by molar-refractivity contribution is 5.71. The molecule has 2 heterocycles. The Morgan fingerprint density at radius 1 is 1.54 bits per heavy atom. The number of likely N-dealkylation sites (tertiary alicyclic amines) is 1. The highest BCUT2D eigenvalue weighted by Gasteiger charge is 2.33. The summed E-state index contributed by atoms with van der Waals surface area (Å²) in [5.41, 5.74) is 0. The summed E-state index contributed by atoms with van der Waals surface area (Å²) in [4.78, 5) is 12.7. The van der Waals surface area contributed by atoms with E-state index >= 15 is 0 Å². The van der Waals surface area contributed by atoms with E-state index in [9.17, 15) is 4.79 Å². The van der Waals surface area contributed by atoms with E-state index in [1.54, 1.807) is 0 Å². The Morgan fingerprint density at radius 2 is 2.31 bits per heavy atom. The number of carboxylic acid groups (broad SMARTS) is 1. The summed E-state index contributed by atoms with van der Waals surface area (Å²) >= 11 is 0. The molecule has 0 bridgehead atoms. The smallest absolute Gasteiger partial charge is 0.309 e. The quantitative estimate of drug-likeness (QED) is 0.674. The first-order valence-corrected chi connectivity index (χ1v) is 4.78. The second-order valence-corrected chi connectivity index (χ2v) is 3.98. The lowest BCUT2D eigenvalue weighted by atomic mass is 9.98. The van der Waals surface area contributed by atoms with Crippen LogP contribution in [0, 0.1) is 11.8 Å². The lowest BCUT2D eigenvalue weighted by Gasteiger charge is -2.37. The van der Waals surface area contributed by atoms with Crippen molar-refractivity contribution in [3.05, 3.63) is 0 Å². The van der Waals surface area contributed by atoms with E-state index in [0.717, 1.165) is 39.3 Å². The third-order valence-electron chi connectivity index (χ3n) is 2.85. The van der Waals surface area contributed by atoms with Gasteiger partial charge in [-0.1, -0.05) is 0 Å². The minimum Gasteiger partial charge on any atom is -0.481 e. The predicted molar refractivity (Wildman–Crippen MR) is 46.5 cm³/mol. The minimum atomic E-state index is -0.654. The summed E-state index contributed by atoms with van der Waals surface area (Å²) in [7, 11) is 0. The second-order valence-electron chi connectivity index (χ2n) is 3.98. The number of carbonyl (C=O) groups is 1. The summed E-state index contributed by atoms with van der Waals surface area (Å²) in [6, 6.07) is 0. The van der Waals surface area contributed by atoms with Crippen molar-refractivity contribution in [3.8, 4) is 0 Å². The number of hydrogen-bond acceptors (Lipinski definition) is 3. The molecule has 0 spiro atoms. The van der Waals surface area contributed by atoms with E-state index in [1.807, 2.05) is 0 Å². The van der Waals surface area contributed by atoms with Gasteiger partial charge in [0.2, 0.25) is 0 Å². The Kier molecular flexibility index (Phi) is 2.51. The van der Waals surface area contributed by atoms with Crippen LogP contribution in [-0.2, 0) is 9.53 Å². The zero-order chi connectivity index (χ0) is 9.26. The van der Waals surface area contributed by atoms with Gasteiger partial charge in [-0.05, 0) is 12.3 Å². The van der Waals surface area contributed by atoms with Gasteiger partial charge in [0.05, 0.1) is 12.5 Å². The van der Waals surface area contributed by atoms with Gasteiger partial charge in [-0.15, -0.1) is 0 Å². The van der Waals surface area contributed by atoms with Crippen LogP contribution >= 0.6 is 0 Å². The molecule has 2 rings (SSSR count). The first kappa shape index (κ1) is 8.97. The van der Waals surface area contributed by atoms with E-state index in [4.69, 9.17) is 9.84 Å². The molecule has 2 fully saturated rings. The van der Waals surface area contributed by atoms with Gasteiger partial charge in [-0.2, -0.15) is 0 Å². The van der Waals surface area contributed by atoms with Crippen LogP contribution < -0.4 is 0 Å². The number of carboxylic acids is 1. The molecule has 2 aliphatic rings. The Hall–Kier alpha value is -0.610. The van der Waals surface area contributed by atoms with Gasteiger partial charge in [-0.3, -0.25) is 4.79 Å². The number of rotatable bonds is 3. The summed E-state index contributed by atoms with van der Waals surface area (Å²) in [5.74, 6) is -0.143. The molecule has 2 saturated heterocycles. The molecule has 0 aromatic carbocycles. The van der Waals surface area contributed by atoms with Gasteiger partial charge < -0.3 is 14.7 Å². The average molecular weight is 185 g/mol. The highest BCUT2D eigenvalue weighted by Crippen LogP contribution is 2.20. The van der Waals surface area contributed by atoms with Crippen molar-refractivity contribution in [3.63, 3.8) is 0 Å². The van der Waals surface area contributed by atoms with Crippen LogP contribution in [0.1, 0.15) is 6.42 Å². The van der Waals surface area contributed by atoms with Gasteiger partial charge in [-0.25, -0.2) is 0 Å². The molecule has 4 nitrogen and oxygen atoms in total. The van der Waals surface area contributed by atoms with Gasteiger partial charge >= 0.3 is 5.97 Å². The molecule has 0 radical (unpaired) electrons. The molecule has 0 aliphatic carbocycles. The zero-order valence-corrected chi connectivity index (χ0v) is 7.61. The number of hydrogen-bond donors (Lipinski definition) is 1. The van der Waals surface area contributed by atoms with Gasteiger partial charge in [0, 0.05) is 26.2 Å². The van der Waals surface area contributed by atoms with Gasteiger partial charge in [0.1, 0.15) is 0 Å². The predicted octanol–water partition coefficient (Wildman–Crippen LogP) is 0.0393. The summed E-state index contributed by atoms with van der Waals surface area (Å²) in [6.07, 6.45) is 1.13. The van der Waals surface area contributed by atoms with Crippen LogP contribution in [0.5, 0.6) is 0 Å². The van der Waals surface area contributed by atoms with Crippen LogP contribution in [0.15, 0.2) is 0 Å². The number of ether oxygens (including phenoxy) is 1. The fourth-order valence-electron chi connectivity index (χ4n) is 1.97. The van der Waals surface area contributed by atoms with E-state index in [-0.39, 0.29) is 5.92 Å². The SMILES string of the molecule is O=C(O)C1CN(CC2CCOC2)C1. The Morgan fingerprint density at radius 3 is 2.85 bits per heavy atom. The molecule has 0 aromatic heterocycles. The maximum atomic E-state index is 10.5. The molecule has 13 heavy (non-hydrogen) atoms. The molecule has 1 atom stereocenters. The molecule has 0 aromatic rings. The van der Waals surface area contributed by atoms with E-state index in [0.29, 0.717) is 5.92 Å². The first-order valence-electron chi connectivity index (χ1n) is 4.78. The van der Waals surface area contributed by atoms with E-state index in [1.165, 1.54) is 0 Å². The van der Waals surface area contributed by atoms with Crippen LogP contribution in [0.3, 0.4) is 0 Å². The third-order valence-corrected chi connectivity index (χ3v) is 2.85. The molecule has 4 heteroatoms. The largest absolute Gasteiger partial charge is 0.481 e. The normalized spacial score (nSPS) is 30.3. The first-order chi connectivity index (χ1) is 6.25. The number of nitrogens with zero attached hydrogens (tertiary/aromatic N) is 1. The van der Waals surface area contributed by atoms with Crippen molar-refractivity contribution in [1.29, 1.82) is 0 Å². The number of aliphatic carboxylic acids is 1. The molecular weight excluding hydrogens is 170 g/mol. The van der Waals surface area contributed by atoms with Crippen molar-refractivity contribution < 1.29 is 14.6 Å². The third kappa shape index (κ3) is 2.00. The van der Waals surface area contributed by atoms with E-state index in [2.05, 4.69) is 4.90 Å². The van der Waals surface area contributed by atoms with Gasteiger partial charge in [0.15, 0.2) is 0 Å². The average Bonchev–Trinajstić information content (AvgIpc) is 2.46. The van der Waals surface area contributed by atoms with Crippen LogP contribution in [0.2, 0.25) is 0 Å². The Labute approximate surface area is 77.5 Å². The summed E-state index contributed by atoms with van der Waals surface area (Å²) in [6.45, 7) is 4.20. The molecule has 1 unspecified atom stereocenters. The van der Waals surface area contributed by atoms with Crippen molar-refractivity contribution in [2.24, 2.45) is 11.8 Å². The van der Waals surface area contributed by atoms with Crippen LogP contribution in [0.4, 0.5) is 0 Å². The molecular formula is C9H15NO3. The highest BCUT2D eigenvalue weighted by atomic mass is 16.5. The standard InChI is InChI=1S/C9H15NO3/c11-9(12)8-4-10(5-8)3-7-1-2-13-6-7/h7-8H,1-6H2,(H,11,12). The molecule has 74 valence electrons. The van der Waals surface area contributed by atoms with Crippen molar-refractivity contribution in [1.82, 2.24) is 4.90 Å². The lowest BCUT2D eigenvalue weighted by Crippen LogP contribution is -2.51. The topological polar surface area (TPSA) is 49.8 Å². The maximum absolute atomic E-state index is 10.5. The Balaban J connectivity index is 1.66. The lowest BCUT2D eigenvalue weighted by molar-refractivity contribution is -0.147. The fraction of sp³-hybridized carbons (Fsp3) is 0.889. The molecule has 2 aliphatic heterocycles. The fourth-order valence-corrected chi connectivity index (χ4v) is 1.97. The zero-order valence-electron chi connectivity index (χ0n) is 7.61. The van der Waals surface area contributed by atoms with Gasteiger partial charge in [0.25, 0.3) is 0 Å². The van der Waals surface area contributed by atoms with Crippen molar-refractivity contribution in [2.45, 2.75) is 6.42 Å². The van der Waals surface area contributed by atoms with Crippen LogP contribution in [0.25, 0.3) is 0 Å². The van der Waals surface area contributed by atoms with Crippen molar-refractivity contribution >= 4 is 5.97 Å². The Bertz CT molecular complexity index is 195. The summed E-state index contributed by atoms with van der Waals surface area (Å²) in [5, 5.41) is 8.66. The molecule has 0 amide bonds. The minimum absolute atomic E-state index is 0.123.